The molecule has 0 unspecified atom stereocenters. The summed E-state index contributed by atoms with van der Waals surface area (Å²) in [4.78, 5) is 37.4. The lowest BCUT2D eigenvalue weighted by atomic mass is 10.1. The summed E-state index contributed by atoms with van der Waals surface area (Å²) >= 11 is 0. The summed E-state index contributed by atoms with van der Waals surface area (Å²) in [6.45, 7) is 3.72. The number of ketones is 1. The van der Waals surface area contributed by atoms with E-state index in [-0.39, 0.29) is 29.7 Å². The molecular weight excluding hydrogens is 424 g/mol. The third-order valence-electron chi connectivity index (χ3n) is 5.10. The topological polar surface area (TPSA) is 84.9 Å². The predicted molar refractivity (Wildman–Crippen MR) is 124 cm³/mol. The van der Waals surface area contributed by atoms with Crippen molar-refractivity contribution in [2.75, 3.05) is 45.4 Å². The number of likely N-dealkylation sites (tertiary alicyclic amines) is 1. The smallest absolute Gasteiger partial charge is 0.223 e. The van der Waals surface area contributed by atoms with Gasteiger partial charge in [-0.2, -0.15) is 0 Å². The van der Waals surface area contributed by atoms with Gasteiger partial charge in [-0.25, -0.2) is 0 Å². The van der Waals surface area contributed by atoms with E-state index in [0.717, 1.165) is 37.2 Å². The highest BCUT2D eigenvalue weighted by atomic mass is 33.1. The molecule has 1 heterocycles. The zero-order chi connectivity index (χ0) is 22.2. The second-order valence-corrected chi connectivity index (χ2v) is 10.1. The zero-order valence-corrected chi connectivity index (χ0v) is 20.3. The van der Waals surface area contributed by atoms with Crippen LogP contribution in [-0.4, -0.2) is 80.1 Å². The van der Waals surface area contributed by atoms with Gasteiger partial charge in [-0.3, -0.25) is 14.4 Å². The Bertz CT molecular complexity index is 522. The number of ether oxygens (including phenoxy) is 2. The van der Waals surface area contributed by atoms with Crippen LogP contribution in [-0.2, 0) is 23.9 Å². The Hall–Kier alpha value is -0.770. The fraction of sp³-hybridized carbons (Fsp3) is 0.857. The Kier molecular flexibility index (Phi) is 15.3. The van der Waals surface area contributed by atoms with E-state index in [0.29, 0.717) is 45.4 Å². The Balaban J connectivity index is 2.00. The van der Waals surface area contributed by atoms with Crippen molar-refractivity contribution >= 4 is 39.2 Å². The molecule has 2 amide bonds. The van der Waals surface area contributed by atoms with E-state index >= 15 is 0 Å². The zero-order valence-electron chi connectivity index (χ0n) is 18.7. The summed E-state index contributed by atoms with van der Waals surface area (Å²) in [6.07, 6.45) is 5.53. The first-order valence-corrected chi connectivity index (χ1v) is 13.3. The maximum absolute atomic E-state index is 12.5. The number of unbranched alkanes of at least 4 members (excludes halogenated alkanes) is 1. The SMILES string of the molecule is CCC(=O)CCCCC(=O)NCCSSCCCC(=O)N1C[C@H](OC)C[C@H]1COC. The van der Waals surface area contributed by atoms with Crippen LogP contribution in [0.15, 0.2) is 0 Å². The molecule has 0 bridgehead atoms. The summed E-state index contributed by atoms with van der Waals surface area (Å²) in [6, 6.07) is 0.116. The van der Waals surface area contributed by atoms with Crippen LogP contribution >= 0.6 is 21.6 Å². The van der Waals surface area contributed by atoms with Crippen LogP contribution in [0.4, 0.5) is 0 Å². The molecule has 0 aromatic rings. The Labute approximate surface area is 189 Å². The quantitative estimate of drug-likeness (QED) is 0.263. The molecule has 9 heteroatoms. The molecule has 1 fully saturated rings. The first-order valence-electron chi connectivity index (χ1n) is 10.9. The van der Waals surface area contributed by atoms with E-state index in [4.69, 9.17) is 9.47 Å². The molecular formula is C21H38N2O5S2. The summed E-state index contributed by atoms with van der Waals surface area (Å²) in [5, 5.41) is 2.91. The summed E-state index contributed by atoms with van der Waals surface area (Å²) in [5.74, 6) is 2.25. The molecule has 0 aromatic carbocycles. The number of amides is 2. The fourth-order valence-electron chi connectivity index (χ4n) is 3.35. The monoisotopic (exact) mass is 462 g/mol. The number of nitrogens with one attached hydrogen (secondary N) is 1. The normalized spacial score (nSPS) is 18.6. The maximum Gasteiger partial charge on any atom is 0.223 e. The van der Waals surface area contributed by atoms with Crippen molar-refractivity contribution < 1.29 is 23.9 Å². The summed E-state index contributed by atoms with van der Waals surface area (Å²) in [7, 11) is 6.81. The average molecular weight is 463 g/mol. The molecule has 1 aliphatic heterocycles. The molecule has 7 nitrogen and oxygen atoms in total. The number of nitrogens with zero attached hydrogens (tertiary/aromatic N) is 1. The molecule has 1 N–H and O–H groups in total. The Morgan fingerprint density at radius 3 is 2.47 bits per heavy atom. The summed E-state index contributed by atoms with van der Waals surface area (Å²) in [5.41, 5.74) is 0. The highest BCUT2D eigenvalue weighted by molar-refractivity contribution is 8.76. The van der Waals surface area contributed by atoms with E-state index in [1.165, 1.54) is 0 Å². The van der Waals surface area contributed by atoms with Gasteiger partial charge in [0.1, 0.15) is 5.78 Å². The average Bonchev–Trinajstić information content (AvgIpc) is 3.16. The van der Waals surface area contributed by atoms with Gasteiger partial charge in [0.2, 0.25) is 11.8 Å². The van der Waals surface area contributed by atoms with Gasteiger partial charge in [0, 0.05) is 64.5 Å². The molecule has 0 aromatic heterocycles. The lowest BCUT2D eigenvalue weighted by molar-refractivity contribution is -0.133. The van der Waals surface area contributed by atoms with Crippen LogP contribution in [0.3, 0.4) is 0 Å². The molecule has 1 rings (SSSR count). The molecule has 30 heavy (non-hydrogen) atoms. The van der Waals surface area contributed by atoms with Gasteiger partial charge in [-0.05, 0) is 25.7 Å². The second-order valence-electron chi connectivity index (χ2n) is 7.45. The van der Waals surface area contributed by atoms with E-state index in [9.17, 15) is 14.4 Å². The highest BCUT2D eigenvalue weighted by Crippen LogP contribution is 2.24. The van der Waals surface area contributed by atoms with Gasteiger partial charge in [0.25, 0.3) is 0 Å². The van der Waals surface area contributed by atoms with Crippen molar-refractivity contribution in [2.24, 2.45) is 0 Å². The number of Topliss-reactive ketones (excluding diaryl/α,β-unsaturated/α-hetero) is 1. The molecule has 0 aliphatic carbocycles. The van der Waals surface area contributed by atoms with Gasteiger partial charge in [0.05, 0.1) is 18.8 Å². The van der Waals surface area contributed by atoms with Crippen molar-refractivity contribution in [1.82, 2.24) is 10.2 Å². The molecule has 174 valence electrons. The standard InChI is InChI=1S/C21H38N2O5S2/c1-4-18(24)8-5-6-9-20(25)22-11-13-30-29-12-7-10-21(26)23-15-19(28-3)14-17(23)16-27-2/h17,19H,4-16H2,1-3H3,(H,22,25)/t17-,19+/m0/s1. The van der Waals surface area contributed by atoms with Crippen molar-refractivity contribution in [1.29, 1.82) is 0 Å². The summed E-state index contributed by atoms with van der Waals surface area (Å²) < 4.78 is 10.6. The minimum Gasteiger partial charge on any atom is -0.383 e. The lowest BCUT2D eigenvalue weighted by Crippen LogP contribution is -2.38. The predicted octanol–water partition coefficient (Wildman–Crippen LogP) is 3.07. The Morgan fingerprint density at radius 2 is 1.77 bits per heavy atom. The molecule has 2 atom stereocenters. The van der Waals surface area contributed by atoms with E-state index in [2.05, 4.69) is 5.32 Å². The molecule has 1 saturated heterocycles. The van der Waals surface area contributed by atoms with Crippen molar-refractivity contribution in [3.8, 4) is 0 Å². The number of carbonyl (C=O) groups excluding carboxylic acids is 3. The number of hydrogen-bond acceptors (Lipinski definition) is 7. The first-order chi connectivity index (χ1) is 14.5. The minimum atomic E-state index is 0.0562. The second kappa shape index (κ2) is 16.9. The van der Waals surface area contributed by atoms with Crippen LogP contribution in [0.2, 0.25) is 0 Å². The van der Waals surface area contributed by atoms with Gasteiger partial charge < -0.3 is 19.7 Å². The van der Waals surface area contributed by atoms with E-state index < -0.39 is 0 Å². The fourth-order valence-corrected chi connectivity index (χ4v) is 5.34. The van der Waals surface area contributed by atoms with Crippen LogP contribution < -0.4 is 5.32 Å². The van der Waals surface area contributed by atoms with Gasteiger partial charge in [-0.1, -0.05) is 28.5 Å². The number of rotatable bonds is 17. The number of hydrogen-bond donors (Lipinski definition) is 1. The Morgan fingerprint density at radius 1 is 1.03 bits per heavy atom. The molecule has 0 radical (unpaired) electrons. The molecule has 1 aliphatic rings. The van der Waals surface area contributed by atoms with Gasteiger partial charge >= 0.3 is 0 Å². The van der Waals surface area contributed by atoms with E-state index in [1.54, 1.807) is 35.8 Å². The van der Waals surface area contributed by atoms with Crippen molar-refractivity contribution in [3.05, 3.63) is 0 Å². The van der Waals surface area contributed by atoms with Crippen LogP contribution in [0.1, 0.15) is 58.3 Å². The van der Waals surface area contributed by atoms with Crippen LogP contribution in [0.25, 0.3) is 0 Å². The molecule has 0 spiro atoms. The van der Waals surface area contributed by atoms with Crippen LogP contribution in [0.5, 0.6) is 0 Å². The van der Waals surface area contributed by atoms with Crippen LogP contribution in [0, 0.1) is 0 Å². The van der Waals surface area contributed by atoms with Crippen molar-refractivity contribution in [3.63, 3.8) is 0 Å². The minimum absolute atomic E-state index is 0.0562. The van der Waals surface area contributed by atoms with Gasteiger partial charge in [-0.15, -0.1) is 0 Å². The highest BCUT2D eigenvalue weighted by Gasteiger charge is 2.34. The number of methoxy groups -OCH3 is 2. The lowest BCUT2D eigenvalue weighted by Gasteiger charge is -2.23. The van der Waals surface area contributed by atoms with E-state index in [1.807, 2.05) is 11.8 Å². The maximum atomic E-state index is 12.5. The molecule has 0 saturated carbocycles. The third kappa shape index (κ3) is 11.6. The van der Waals surface area contributed by atoms with Gasteiger partial charge in [0.15, 0.2) is 0 Å². The third-order valence-corrected chi connectivity index (χ3v) is 7.59. The van der Waals surface area contributed by atoms with Crippen molar-refractivity contribution in [2.45, 2.75) is 70.4 Å². The number of carbonyl (C=O) groups is 3. The largest absolute Gasteiger partial charge is 0.383 e. The first kappa shape index (κ1) is 27.3.